The molecule has 0 aromatic carbocycles. The summed E-state index contributed by atoms with van der Waals surface area (Å²) in [5, 5.41) is 14.4. The molecule has 16 heavy (non-hydrogen) atoms. The van der Waals surface area contributed by atoms with E-state index in [2.05, 4.69) is 10.3 Å². The van der Waals surface area contributed by atoms with Crippen LogP contribution in [0.4, 0.5) is 0 Å². The van der Waals surface area contributed by atoms with Crippen molar-refractivity contribution in [2.75, 3.05) is 20.3 Å². The van der Waals surface area contributed by atoms with Crippen LogP contribution in [0, 0.1) is 6.92 Å². The maximum absolute atomic E-state index is 11.6. The van der Waals surface area contributed by atoms with Crippen molar-refractivity contribution < 1.29 is 14.6 Å². The van der Waals surface area contributed by atoms with Crippen LogP contribution in [-0.2, 0) is 16.0 Å². The molecule has 0 saturated carbocycles. The molecule has 0 aliphatic carbocycles. The zero-order chi connectivity index (χ0) is 12.0. The highest BCUT2D eigenvalue weighted by Crippen LogP contribution is 2.08. The van der Waals surface area contributed by atoms with Gasteiger partial charge in [0.1, 0.15) is 0 Å². The summed E-state index contributed by atoms with van der Waals surface area (Å²) in [7, 11) is 1.53. The lowest BCUT2D eigenvalue weighted by Crippen LogP contribution is -2.41. The molecular formula is C10H16N2O3S. The lowest BCUT2D eigenvalue weighted by molar-refractivity contribution is -0.121. The zero-order valence-corrected chi connectivity index (χ0v) is 10.2. The number of carbonyl (C=O) groups is 1. The van der Waals surface area contributed by atoms with Crippen LogP contribution in [0.5, 0.6) is 0 Å². The Morgan fingerprint density at radius 1 is 1.75 bits per heavy atom. The summed E-state index contributed by atoms with van der Waals surface area (Å²) in [6.45, 7) is 2.07. The van der Waals surface area contributed by atoms with Crippen LogP contribution in [-0.4, -0.2) is 42.4 Å². The standard InChI is InChI=1S/C10H16N2O3S/c1-7-11-8(6-16-7)3-10(14)12-9(4-13)5-15-2/h6,9,13H,3-5H2,1-2H3,(H,12,14). The minimum atomic E-state index is -0.350. The van der Waals surface area contributed by atoms with Crippen LogP contribution in [0.1, 0.15) is 10.7 Å². The zero-order valence-electron chi connectivity index (χ0n) is 9.40. The van der Waals surface area contributed by atoms with E-state index >= 15 is 0 Å². The number of hydrogen-bond acceptors (Lipinski definition) is 5. The van der Waals surface area contributed by atoms with Gasteiger partial charge in [0.05, 0.1) is 36.4 Å². The van der Waals surface area contributed by atoms with Gasteiger partial charge in [-0.2, -0.15) is 0 Å². The number of amides is 1. The second kappa shape index (κ2) is 6.57. The minimum absolute atomic E-state index is 0.129. The predicted molar refractivity (Wildman–Crippen MR) is 61.4 cm³/mol. The molecule has 1 unspecified atom stereocenters. The van der Waals surface area contributed by atoms with E-state index in [0.717, 1.165) is 10.7 Å². The van der Waals surface area contributed by atoms with Crippen LogP contribution in [0.2, 0.25) is 0 Å². The number of methoxy groups -OCH3 is 1. The SMILES string of the molecule is COCC(CO)NC(=O)Cc1csc(C)n1. The van der Waals surface area contributed by atoms with Gasteiger partial charge in [0.2, 0.25) is 5.91 Å². The van der Waals surface area contributed by atoms with Gasteiger partial charge in [-0.05, 0) is 6.92 Å². The Morgan fingerprint density at radius 2 is 2.50 bits per heavy atom. The summed E-state index contributed by atoms with van der Waals surface area (Å²) < 4.78 is 4.86. The van der Waals surface area contributed by atoms with E-state index in [9.17, 15) is 4.79 Å². The smallest absolute Gasteiger partial charge is 0.226 e. The summed E-state index contributed by atoms with van der Waals surface area (Å²) in [4.78, 5) is 15.7. The first-order valence-electron chi connectivity index (χ1n) is 4.96. The first kappa shape index (κ1) is 13.1. The van der Waals surface area contributed by atoms with Crippen LogP contribution in [0.15, 0.2) is 5.38 Å². The Kier molecular flexibility index (Phi) is 5.37. The Labute approximate surface area is 98.5 Å². The summed E-state index contributed by atoms with van der Waals surface area (Å²) in [5.41, 5.74) is 0.758. The third kappa shape index (κ3) is 4.26. The van der Waals surface area contributed by atoms with Crippen molar-refractivity contribution in [1.82, 2.24) is 10.3 Å². The summed E-state index contributed by atoms with van der Waals surface area (Å²) in [6, 6.07) is -0.350. The highest BCUT2D eigenvalue weighted by Gasteiger charge is 2.12. The first-order valence-corrected chi connectivity index (χ1v) is 5.83. The molecule has 0 spiro atoms. The fourth-order valence-electron chi connectivity index (χ4n) is 1.27. The molecule has 90 valence electrons. The van der Waals surface area contributed by atoms with Gasteiger partial charge in [-0.25, -0.2) is 4.98 Å². The van der Waals surface area contributed by atoms with Gasteiger partial charge in [-0.3, -0.25) is 4.79 Å². The first-order chi connectivity index (χ1) is 7.65. The van der Waals surface area contributed by atoms with Gasteiger partial charge in [0.25, 0.3) is 0 Å². The van der Waals surface area contributed by atoms with Crippen molar-refractivity contribution in [1.29, 1.82) is 0 Å². The third-order valence-electron chi connectivity index (χ3n) is 1.96. The van der Waals surface area contributed by atoms with Crippen molar-refractivity contribution >= 4 is 17.2 Å². The number of hydrogen-bond donors (Lipinski definition) is 2. The Bertz CT molecular complexity index is 341. The highest BCUT2D eigenvalue weighted by molar-refractivity contribution is 7.09. The molecule has 0 radical (unpaired) electrons. The number of aliphatic hydroxyl groups is 1. The predicted octanol–water partition coefficient (Wildman–Crippen LogP) is 0.118. The van der Waals surface area contributed by atoms with E-state index in [1.165, 1.54) is 18.4 Å². The summed E-state index contributed by atoms with van der Waals surface area (Å²) in [6.07, 6.45) is 0.241. The molecule has 0 fully saturated rings. The number of aryl methyl sites for hydroxylation is 1. The molecule has 1 aromatic rings. The van der Waals surface area contributed by atoms with Crippen molar-refractivity contribution in [2.45, 2.75) is 19.4 Å². The van der Waals surface area contributed by atoms with Crippen LogP contribution >= 0.6 is 11.3 Å². The van der Waals surface area contributed by atoms with Crippen molar-refractivity contribution in [2.24, 2.45) is 0 Å². The van der Waals surface area contributed by atoms with Crippen LogP contribution < -0.4 is 5.32 Å². The molecule has 0 aliphatic heterocycles. The number of aliphatic hydroxyl groups excluding tert-OH is 1. The Morgan fingerprint density at radius 3 is 3.00 bits per heavy atom. The molecule has 0 bridgehead atoms. The number of nitrogens with zero attached hydrogens (tertiary/aromatic N) is 1. The molecule has 1 amide bonds. The average molecular weight is 244 g/mol. The number of carbonyl (C=O) groups excluding carboxylic acids is 1. The number of thiazole rings is 1. The minimum Gasteiger partial charge on any atom is -0.394 e. The Hall–Kier alpha value is -0.980. The highest BCUT2D eigenvalue weighted by atomic mass is 32.1. The van der Waals surface area contributed by atoms with E-state index in [-0.39, 0.29) is 25.0 Å². The molecule has 1 rings (SSSR count). The fraction of sp³-hybridized carbons (Fsp3) is 0.600. The molecule has 0 aliphatic rings. The topological polar surface area (TPSA) is 71.5 Å². The van der Waals surface area contributed by atoms with E-state index < -0.39 is 0 Å². The average Bonchev–Trinajstić information content (AvgIpc) is 2.63. The molecule has 1 atom stereocenters. The lowest BCUT2D eigenvalue weighted by Gasteiger charge is -2.14. The molecule has 6 heteroatoms. The number of aromatic nitrogens is 1. The molecule has 5 nitrogen and oxygen atoms in total. The fourth-order valence-corrected chi connectivity index (χ4v) is 1.89. The summed E-state index contributed by atoms with van der Waals surface area (Å²) >= 11 is 1.52. The van der Waals surface area contributed by atoms with Gasteiger partial charge in [0, 0.05) is 12.5 Å². The monoisotopic (exact) mass is 244 g/mol. The number of ether oxygens (including phenoxy) is 1. The van der Waals surface area contributed by atoms with Gasteiger partial charge in [0.15, 0.2) is 0 Å². The van der Waals surface area contributed by atoms with Crippen molar-refractivity contribution in [3.63, 3.8) is 0 Å². The van der Waals surface area contributed by atoms with E-state index in [4.69, 9.17) is 9.84 Å². The van der Waals surface area contributed by atoms with Gasteiger partial charge in [-0.15, -0.1) is 11.3 Å². The largest absolute Gasteiger partial charge is 0.394 e. The van der Waals surface area contributed by atoms with Gasteiger partial charge >= 0.3 is 0 Å². The molecule has 1 aromatic heterocycles. The second-order valence-electron chi connectivity index (χ2n) is 3.44. The second-order valence-corrected chi connectivity index (χ2v) is 4.50. The van der Waals surface area contributed by atoms with Crippen molar-refractivity contribution in [3.8, 4) is 0 Å². The third-order valence-corrected chi connectivity index (χ3v) is 2.78. The van der Waals surface area contributed by atoms with Gasteiger partial charge in [-0.1, -0.05) is 0 Å². The molecule has 1 heterocycles. The van der Waals surface area contributed by atoms with E-state index in [1.807, 2.05) is 12.3 Å². The van der Waals surface area contributed by atoms with Crippen molar-refractivity contribution in [3.05, 3.63) is 16.1 Å². The quantitative estimate of drug-likeness (QED) is 0.745. The molecular weight excluding hydrogens is 228 g/mol. The maximum Gasteiger partial charge on any atom is 0.226 e. The van der Waals surface area contributed by atoms with E-state index in [0.29, 0.717) is 6.61 Å². The number of nitrogens with one attached hydrogen (secondary N) is 1. The molecule has 0 saturated heterocycles. The maximum atomic E-state index is 11.6. The molecule has 2 N–H and O–H groups in total. The number of rotatable bonds is 6. The van der Waals surface area contributed by atoms with Gasteiger partial charge < -0.3 is 15.2 Å². The van der Waals surface area contributed by atoms with Crippen LogP contribution in [0.3, 0.4) is 0 Å². The van der Waals surface area contributed by atoms with E-state index in [1.54, 1.807) is 0 Å². The summed E-state index contributed by atoms with van der Waals surface area (Å²) in [5.74, 6) is -0.151. The van der Waals surface area contributed by atoms with Crippen LogP contribution in [0.25, 0.3) is 0 Å². The lowest BCUT2D eigenvalue weighted by atomic mass is 10.2. The normalized spacial score (nSPS) is 12.4. The Balaban J connectivity index is 2.40.